The van der Waals surface area contributed by atoms with Crippen molar-refractivity contribution in [3.8, 4) is 0 Å². The number of nitrogens with one attached hydrogen (secondary N) is 1. The van der Waals surface area contributed by atoms with Gasteiger partial charge in [0.25, 0.3) is 0 Å². The van der Waals surface area contributed by atoms with E-state index in [0.29, 0.717) is 5.02 Å². The Morgan fingerprint density at radius 3 is 3.09 bits per heavy atom. The topological polar surface area (TPSA) is 28.7 Å². The zero-order valence-corrected chi connectivity index (χ0v) is 7.78. The molecule has 0 bridgehead atoms. The van der Waals surface area contributed by atoms with E-state index in [0.717, 1.165) is 15.5 Å². The Labute approximate surface area is 76.7 Å². The second kappa shape index (κ2) is 2.50. The van der Waals surface area contributed by atoms with Gasteiger partial charge in [0.15, 0.2) is 0 Å². The van der Waals surface area contributed by atoms with E-state index >= 15 is 0 Å². The van der Waals surface area contributed by atoms with E-state index in [1.807, 2.05) is 6.07 Å². The fraction of sp³-hybridized carbons (Fsp3) is 0. The maximum absolute atomic E-state index is 5.83. The molecule has 0 aliphatic rings. The van der Waals surface area contributed by atoms with Gasteiger partial charge in [-0.25, -0.2) is 0 Å². The van der Waals surface area contributed by atoms with Gasteiger partial charge in [-0.3, -0.25) is 4.98 Å². The van der Waals surface area contributed by atoms with Crippen LogP contribution in [-0.4, -0.2) is 9.97 Å². The van der Waals surface area contributed by atoms with E-state index in [9.17, 15) is 0 Å². The summed E-state index contributed by atoms with van der Waals surface area (Å²) in [6.07, 6.45) is 3.44. The molecule has 2 heterocycles. The van der Waals surface area contributed by atoms with Crippen LogP contribution in [0.4, 0.5) is 0 Å². The molecule has 0 aliphatic heterocycles. The smallest absolute Gasteiger partial charge is 0.108 e. The van der Waals surface area contributed by atoms with Crippen molar-refractivity contribution in [1.82, 2.24) is 9.97 Å². The molecule has 2 aromatic rings. The quantitative estimate of drug-likeness (QED) is 0.742. The predicted octanol–water partition coefficient (Wildman–Crippen LogP) is 2.98. The third-order valence-electron chi connectivity index (χ3n) is 1.47. The number of hydrogen-bond acceptors (Lipinski definition) is 1. The van der Waals surface area contributed by atoms with Gasteiger partial charge in [-0.1, -0.05) is 11.6 Å². The molecular weight excluding hydrogens is 227 g/mol. The van der Waals surface area contributed by atoms with Crippen LogP contribution < -0.4 is 0 Å². The van der Waals surface area contributed by atoms with Gasteiger partial charge in [0, 0.05) is 16.9 Å². The molecule has 0 aliphatic carbocycles. The summed E-state index contributed by atoms with van der Waals surface area (Å²) in [6.45, 7) is 0. The fourth-order valence-electron chi connectivity index (χ4n) is 0.961. The van der Waals surface area contributed by atoms with Crippen LogP contribution >= 0.6 is 27.5 Å². The summed E-state index contributed by atoms with van der Waals surface area (Å²) >= 11 is 9.21. The van der Waals surface area contributed by atoms with Crippen LogP contribution in [-0.2, 0) is 0 Å². The number of pyridine rings is 1. The molecule has 4 heteroatoms. The number of rotatable bonds is 0. The minimum atomic E-state index is 0.654. The Morgan fingerprint density at radius 2 is 2.36 bits per heavy atom. The van der Waals surface area contributed by atoms with Crippen LogP contribution in [0.5, 0.6) is 0 Å². The first-order valence-corrected chi connectivity index (χ1v) is 4.23. The molecule has 0 saturated carbocycles. The molecule has 0 unspecified atom stereocenters. The number of aromatic amines is 1. The van der Waals surface area contributed by atoms with E-state index in [-0.39, 0.29) is 0 Å². The Kier molecular flexibility index (Phi) is 1.62. The number of nitrogens with zero attached hydrogens (tertiary/aromatic N) is 1. The zero-order valence-electron chi connectivity index (χ0n) is 5.44. The standard InChI is InChI=1S/C7H4BrClN2/c8-4-1-2-10-7-5(9)3-11-6(4)7/h1-3,11H. The molecule has 11 heavy (non-hydrogen) atoms. The van der Waals surface area contributed by atoms with Crippen molar-refractivity contribution in [2.24, 2.45) is 0 Å². The summed E-state index contributed by atoms with van der Waals surface area (Å²) in [6, 6.07) is 1.87. The van der Waals surface area contributed by atoms with Crippen molar-refractivity contribution in [3.63, 3.8) is 0 Å². The van der Waals surface area contributed by atoms with Crippen LogP contribution in [0.3, 0.4) is 0 Å². The van der Waals surface area contributed by atoms with Crippen LogP contribution in [0.15, 0.2) is 22.9 Å². The molecule has 0 fully saturated rings. The summed E-state index contributed by atoms with van der Waals surface area (Å²) in [5, 5.41) is 0.654. The lowest BCUT2D eigenvalue weighted by molar-refractivity contribution is 1.39. The van der Waals surface area contributed by atoms with Crippen LogP contribution in [0, 0.1) is 0 Å². The molecule has 2 aromatic heterocycles. The number of H-pyrrole nitrogens is 1. The molecule has 0 saturated heterocycles. The first-order valence-electron chi connectivity index (χ1n) is 3.06. The lowest BCUT2D eigenvalue weighted by atomic mass is 10.4. The van der Waals surface area contributed by atoms with Gasteiger partial charge in [-0.2, -0.15) is 0 Å². The largest absolute Gasteiger partial charge is 0.357 e. The predicted molar refractivity (Wildman–Crippen MR) is 48.8 cm³/mol. The number of hydrogen-bond donors (Lipinski definition) is 1. The lowest BCUT2D eigenvalue weighted by Gasteiger charge is -1.90. The summed E-state index contributed by atoms with van der Waals surface area (Å²) in [5.74, 6) is 0. The van der Waals surface area contributed by atoms with Crippen molar-refractivity contribution >= 4 is 38.6 Å². The molecule has 2 nitrogen and oxygen atoms in total. The van der Waals surface area contributed by atoms with E-state index in [4.69, 9.17) is 11.6 Å². The highest BCUT2D eigenvalue weighted by Crippen LogP contribution is 2.25. The monoisotopic (exact) mass is 230 g/mol. The minimum absolute atomic E-state index is 0.654. The highest BCUT2D eigenvalue weighted by molar-refractivity contribution is 9.10. The van der Waals surface area contributed by atoms with Crippen molar-refractivity contribution < 1.29 is 0 Å². The average Bonchev–Trinajstić information content (AvgIpc) is 2.35. The van der Waals surface area contributed by atoms with Gasteiger partial charge in [-0.15, -0.1) is 0 Å². The second-order valence-electron chi connectivity index (χ2n) is 2.15. The summed E-state index contributed by atoms with van der Waals surface area (Å²) in [7, 11) is 0. The van der Waals surface area contributed by atoms with Crippen molar-refractivity contribution in [2.75, 3.05) is 0 Å². The Morgan fingerprint density at radius 1 is 1.55 bits per heavy atom. The first kappa shape index (κ1) is 7.13. The third-order valence-corrected chi connectivity index (χ3v) is 2.42. The molecule has 0 aromatic carbocycles. The summed E-state index contributed by atoms with van der Waals surface area (Å²) in [5.41, 5.74) is 1.75. The number of fused-ring (bicyclic) bond motifs is 1. The van der Waals surface area contributed by atoms with Crippen LogP contribution in [0.25, 0.3) is 11.0 Å². The van der Waals surface area contributed by atoms with E-state index < -0.39 is 0 Å². The lowest BCUT2D eigenvalue weighted by Crippen LogP contribution is -1.74. The van der Waals surface area contributed by atoms with Crippen molar-refractivity contribution in [1.29, 1.82) is 0 Å². The Hall–Kier alpha value is -0.540. The third kappa shape index (κ3) is 1.04. The molecule has 56 valence electrons. The van der Waals surface area contributed by atoms with E-state index in [2.05, 4.69) is 25.9 Å². The molecule has 1 N–H and O–H groups in total. The Balaban J connectivity index is 2.94. The number of aromatic nitrogens is 2. The number of halogens is 2. The average molecular weight is 231 g/mol. The summed E-state index contributed by atoms with van der Waals surface area (Å²) < 4.78 is 0.981. The molecule has 0 atom stereocenters. The molecule has 0 amide bonds. The highest BCUT2D eigenvalue weighted by atomic mass is 79.9. The zero-order chi connectivity index (χ0) is 7.84. The molecular formula is C7H4BrClN2. The van der Waals surface area contributed by atoms with Crippen molar-refractivity contribution in [2.45, 2.75) is 0 Å². The van der Waals surface area contributed by atoms with E-state index in [1.165, 1.54) is 0 Å². The highest BCUT2D eigenvalue weighted by Gasteiger charge is 2.03. The Bertz CT molecular complexity index is 396. The molecule has 2 rings (SSSR count). The normalized spacial score (nSPS) is 10.7. The molecule has 0 spiro atoms. The van der Waals surface area contributed by atoms with Gasteiger partial charge in [0.05, 0.1) is 10.5 Å². The van der Waals surface area contributed by atoms with Gasteiger partial charge < -0.3 is 4.98 Å². The van der Waals surface area contributed by atoms with Crippen LogP contribution in [0.2, 0.25) is 5.02 Å². The van der Waals surface area contributed by atoms with Gasteiger partial charge >= 0.3 is 0 Å². The SMILES string of the molecule is Clc1c[nH]c2c(Br)ccnc12. The van der Waals surface area contributed by atoms with Crippen LogP contribution in [0.1, 0.15) is 0 Å². The second-order valence-corrected chi connectivity index (χ2v) is 3.41. The van der Waals surface area contributed by atoms with E-state index in [1.54, 1.807) is 12.4 Å². The minimum Gasteiger partial charge on any atom is -0.357 e. The van der Waals surface area contributed by atoms with Crippen molar-refractivity contribution in [3.05, 3.63) is 28.0 Å². The first-order chi connectivity index (χ1) is 5.29. The molecule has 0 radical (unpaired) electrons. The fourth-order valence-corrected chi connectivity index (χ4v) is 1.58. The van der Waals surface area contributed by atoms with Gasteiger partial charge in [0.2, 0.25) is 0 Å². The maximum atomic E-state index is 5.83. The maximum Gasteiger partial charge on any atom is 0.108 e. The van der Waals surface area contributed by atoms with Gasteiger partial charge in [-0.05, 0) is 22.0 Å². The summed E-state index contributed by atoms with van der Waals surface area (Å²) in [4.78, 5) is 7.12. The van der Waals surface area contributed by atoms with Gasteiger partial charge in [0.1, 0.15) is 5.52 Å².